The Morgan fingerprint density at radius 3 is 2.53 bits per heavy atom. The minimum Gasteiger partial charge on any atom is -0.387 e. The maximum atomic E-state index is 12.4. The Morgan fingerprint density at radius 2 is 1.74 bits per heavy atom. The molecule has 0 bridgehead atoms. The number of fused-ring (bicyclic) bond motifs is 1. The first kappa shape index (κ1) is 11.9. The number of aliphatic hydroxyl groups excluding tert-OH is 1. The summed E-state index contributed by atoms with van der Waals surface area (Å²) in [5.41, 5.74) is 2.61. The lowest BCUT2D eigenvalue weighted by Gasteiger charge is -2.32. The van der Waals surface area contributed by atoms with Crippen LogP contribution in [0.25, 0.3) is 0 Å². The number of aliphatic hydroxyl groups is 1. The molecule has 1 heterocycles. The third kappa shape index (κ3) is 2.25. The van der Waals surface area contributed by atoms with E-state index < -0.39 is 6.10 Å². The number of benzene rings is 2. The fourth-order valence-corrected chi connectivity index (χ4v) is 2.50. The second kappa shape index (κ2) is 4.86. The van der Waals surface area contributed by atoms with Gasteiger partial charge in [-0.1, -0.05) is 42.5 Å². The molecule has 19 heavy (non-hydrogen) atoms. The first-order valence-corrected chi connectivity index (χ1v) is 6.36. The molecule has 2 aromatic rings. The average Bonchev–Trinajstić information content (AvgIpc) is 2.47. The van der Waals surface area contributed by atoms with Crippen molar-refractivity contribution in [3.05, 3.63) is 71.3 Å². The number of β-amino-alcohol motifs (C(OH)–C–C–N with tert-alkyl or cyclic N) is 1. The van der Waals surface area contributed by atoms with Gasteiger partial charge in [0.2, 0.25) is 0 Å². The zero-order chi connectivity index (χ0) is 13.2. The molecule has 1 amide bonds. The van der Waals surface area contributed by atoms with Crippen molar-refractivity contribution in [3.8, 4) is 0 Å². The lowest BCUT2D eigenvalue weighted by atomic mass is 9.97. The Hall–Kier alpha value is -2.13. The van der Waals surface area contributed by atoms with Gasteiger partial charge in [0.05, 0.1) is 12.6 Å². The van der Waals surface area contributed by atoms with E-state index in [-0.39, 0.29) is 5.91 Å². The first-order valence-electron chi connectivity index (χ1n) is 6.36. The van der Waals surface area contributed by atoms with Crippen LogP contribution in [0.5, 0.6) is 0 Å². The highest BCUT2D eigenvalue weighted by atomic mass is 16.3. The summed E-state index contributed by atoms with van der Waals surface area (Å²) in [5.74, 6) is -0.0332. The van der Waals surface area contributed by atoms with Crippen molar-refractivity contribution in [3.63, 3.8) is 0 Å². The molecule has 1 N–H and O–H groups in total. The Labute approximate surface area is 112 Å². The molecule has 0 spiro atoms. The van der Waals surface area contributed by atoms with Gasteiger partial charge in [0.15, 0.2) is 0 Å². The van der Waals surface area contributed by atoms with E-state index in [1.54, 1.807) is 17.0 Å². The molecule has 0 fully saturated rings. The fraction of sp³-hybridized carbons (Fsp3) is 0.188. The summed E-state index contributed by atoms with van der Waals surface area (Å²) in [6.45, 7) is 0.908. The van der Waals surface area contributed by atoms with Crippen LogP contribution >= 0.6 is 0 Å². The standard InChI is InChI=1S/C16H15NO2/c18-15-11-17(10-13-8-4-5-9-14(13)15)16(19)12-6-2-1-3-7-12/h1-9,15,18H,10-11H2. The molecule has 3 nitrogen and oxygen atoms in total. The number of amides is 1. The number of hydrogen-bond acceptors (Lipinski definition) is 2. The van der Waals surface area contributed by atoms with Crippen LogP contribution in [-0.4, -0.2) is 22.5 Å². The van der Waals surface area contributed by atoms with E-state index in [0.29, 0.717) is 18.7 Å². The Bertz CT molecular complexity index is 595. The molecule has 96 valence electrons. The number of rotatable bonds is 1. The summed E-state index contributed by atoms with van der Waals surface area (Å²) in [4.78, 5) is 14.1. The van der Waals surface area contributed by atoms with Crippen LogP contribution in [0.3, 0.4) is 0 Å². The van der Waals surface area contributed by atoms with Gasteiger partial charge in [-0.05, 0) is 23.3 Å². The highest BCUT2D eigenvalue weighted by molar-refractivity contribution is 5.94. The van der Waals surface area contributed by atoms with Crippen LogP contribution in [0, 0.1) is 0 Å². The van der Waals surface area contributed by atoms with Crippen LogP contribution in [0.2, 0.25) is 0 Å². The van der Waals surface area contributed by atoms with Crippen LogP contribution in [-0.2, 0) is 6.54 Å². The van der Waals surface area contributed by atoms with E-state index in [2.05, 4.69) is 0 Å². The quantitative estimate of drug-likeness (QED) is 0.847. The van der Waals surface area contributed by atoms with Crippen LogP contribution in [0.15, 0.2) is 54.6 Å². The van der Waals surface area contributed by atoms with Crippen molar-refractivity contribution in [1.29, 1.82) is 0 Å². The molecule has 0 aliphatic carbocycles. The zero-order valence-electron chi connectivity index (χ0n) is 10.5. The molecule has 0 saturated heterocycles. The SMILES string of the molecule is O=C(c1ccccc1)N1Cc2ccccc2C(O)C1. The highest BCUT2D eigenvalue weighted by Gasteiger charge is 2.26. The van der Waals surface area contributed by atoms with Crippen molar-refractivity contribution >= 4 is 5.91 Å². The predicted molar refractivity (Wildman–Crippen MR) is 72.6 cm³/mol. The molecule has 1 aliphatic rings. The lowest BCUT2D eigenvalue weighted by molar-refractivity contribution is 0.0550. The van der Waals surface area contributed by atoms with Gasteiger partial charge in [-0.2, -0.15) is 0 Å². The van der Waals surface area contributed by atoms with Gasteiger partial charge < -0.3 is 10.0 Å². The maximum absolute atomic E-state index is 12.4. The molecule has 3 rings (SSSR count). The molecule has 1 atom stereocenters. The molecule has 3 heteroatoms. The van der Waals surface area contributed by atoms with E-state index in [4.69, 9.17) is 0 Å². The average molecular weight is 253 g/mol. The molecular formula is C16H15NO2. The minimum atomic E-state index is -0.599. The summed E-state index contributed by atoms with van der Waals surface area (Å²) < 4.78 is 0. The summed E-state index contributed by atoms with van der Waals surface area (Å²) in [5, 5.41) is 10.1. The Balaban J connectivity index is 1.88. The molecule has 0 radical (unpaired) electrons. The number of hydrogen-bond donors (Lipinski definition) is 1. The molecule has 0 aromatic heterocycles. The van der Waals surface area contributed by atoms with Gasteiger partial charge in [0.25, 0.3) is 5.91 Å². The van der Waals surface area contributed by atoms with Gasteiger partial charge >= 0.3 is 0 Å². The second-order valence-corrected chi connectivity index (χ2v) is 4.77. The Morgan fingerprint density at radius 1 is 1.05 bits per heavy atom. The van der Waals surface area contributed by atoms with Gasteiger partial charge in [0.1, 0.15) is 0 Å². The molecule has 1 unspecified atom stereocenters. The smallest absolute Gasteiger partial charge is 0.254 e. The summed E-state index contributed by atoms with van der Waals surface area (Å²) in [6.07, 6.45) is -0.599. The number of carbonyl (C=O) groups is 1. The zero-order valence-corrected chi connectivity index (χ0v) is 10.5. The van der Waals surface area contributed by atoms with Crippen molar-refractivity contribution in [1.82, 2.24) is 4.90 Å². The van der Waals surface area contributed by atoms with Crippen LogP contribution in [0.4, 0.5) is 0 Å². The van der Waals surface area contributed by atoms with Crippen molar-refractivity contribution in [2.75, 3.05) is 6.54 Å². The van der Waals surface area contributed by atoms with E-state index in [9.17, 15) is 9.90 Å². The predicted octanol–water partition coefficient (Wildman–Crippen LogP) is 2.38. The van der Waals surface area contributed by atoms with Crippen LogP contribution < -0.4 is 0 Å². The van der Waals surface area contributed by atoms with Gasteiger partial charge in [-0.15, -0.1) is 0 Å². The van der Waals surface area contributed by atoms with Gasteiger partial charge in [0, 0.05) is 12.1 Å². The van der Waals surface area contributed by atoms with Crippen molar-refractivity contribution < 1.29 is 9.90 Å². The fourth-order valence-electron chi connectivity index (χ4n) is 2.50. The van der Waals surface area contributed by atoms with Crippen LogP contribution in [0.1, 0.15) is 27.6 Å². The summed E-state index contributed by atoms with van der Waals surface area (Å²) in [6, 6.07) is 16.9. The second-order valence-electron chi connectivity index (χ2n) is 4.77. The number of carbonyl (C=O) groups excluding carboxylic acids is 1. The normalized spacial score (nSPS) is 17.9. The van der Waals surface area contributed by atoms with E-state index >= 15 is 0 Å². The monoisotopic (exact) mass is 253 g/mol. The molecular weight excluding hydrogens is 238 g/mol. The van der Waals surface area contributed by atoms with Gasteiger partial charge in [-0.3, -0.25) is 4.79 Å². The van der Waals surface area contributed by atoms with E-state index in [1.807, 2.05) is 42.5 Å². The van der Waals surface area contributed by atoms with E-state index in [1.165, 1.54) is 0 Å². The topological polar surface area (TPSA) is 40.5 Å². The summed E-state index contributed by atoms with van der Waals surface area (Å²) >= 11 is 0. The third-order valence-electron chi connectivity index (χ3n) is 3.48. The Kier molecular flexibility index (Phi) is 3.05. The molecule has 1 aliphatic heterocycles. The summed E-state index contributed by atoms with van der Waals surface area (Å²) in [7, 11) is 0. The molecule has 2 aromatic carbocycles. The van der Waals surface area contributed by atoms with Crippen molar-refractivity contribution in [2.24, 2.45) is 0 Å². The van der Waals surface area contributed by atoms with Crippen molar-refractivity contribution in [2.45, 2.75) is 12.6 Å². The minimum absolute atomic E-state index is 0.0332. The largest absolute Gasteiger partial charge is 0.387 e. The third-order valence-corrected chi connectivity index (χ3v) is 3.48. The lowest BCUT2D eigenvalue weighted by Crippen LogP contribution is -2.38. The van der Waals surface area contributed by atoms with Gasteiger partial charge in [-0.25, -0.2) is 0 Å². The highest BCUT2D eigenvalue weighted by Crippen LogP contribution is 2.27. The molecule has 0 saturated carbocycles. The maximum Gasteiger partial charge on any atom is 0.254 e. The van der Waals surface area contributed by atoms with E-state index in [0.717, 1.165) is 11.1 Å². The number of nitrogens with zero attached hydrogens (tertiary/aromatic N) is 1. The first-order chi connectivity index (χ1) is 9.25.